The molecule has 0 saturated heterocycles. The maximum atomic E-state index is 12.9. The zero-order chi connectivity index (χ0) is 25.1. The number of amides is 1. The third-order valence-corrected chi connectivity index (χ3v) is 5.60. The highest BCUT2D eigenvalue weighted by atomic mass is 16.6. The zero-order valence-electron chi connectivity index (χ0n) is 18.8. The van der Waals surface area contributed by atoms with Crippen LogP contribution in [-0.4, -0.2) is 25.4 Å². The summed E-state index contributed by atoms with van der Waals surface area (Å²) in [6, 6.07) is 25.1. The Morgan fingerprint density at radius 1 is 1.03 bits per heavy atom. The van der Waals surface area contributed by atoms with E-state index in [9.17, 15) is 20.2 Å². The van der Waals surface area contributed by atoms with Crippen LogP contribution < -0.4 is 5.32 Å². The van der Waals surface area contributed by atoms with Gasteiger partial charge in [0, 0.05) is 18.2 Å². The standard InChI is InChI=1S/C27H18N6O3/c28-16-21-25-27(30-23-12-5-4-11-22(23)29-25)32(17-19-7-2-1-3-8-19)26(21)31-24(34)14-13-18-9-6-10-20(15-18)33(35)36/h1-15H,17H2,(H,31,34). The van der Waals surface area contributed by atoms with E-state index in [0.717, 1.165) is 5.56 Å². The number of para-hydroxylation sites is 2. The van der Waals surface area contributed by atoms with Gasteiger partial charge in [-0.15, -0.1) is 0 Å². The summed E-state index contributed by atoms with van der Waals surface area (Å²) in [5, 5.41) is 23.8. The third-order valence-electron chi connectivity index (χ3n) is 5.60. The summed E-state index contributed by atoms with van der Waals surface area (Å²) in [5.74, 6) is -0.222. The Balaban J connectivity index is 1.58. The number of nitrogens with zero attached hydrogens (tertiary/aromatic N) is 5. The van der Waals surface area contributed by atoms with Crippen molar-refractivity contribution in [2.45, 2.75) is 6.54 Å². The number of nitro groups is 1. The number of carbonyl (C=O) groups is 1. The van der Waals surface area contributed by atoms with Gasteiger partial charge >= 0.3 is 0 Å². The molecular formula is C27H18N6O3. The van der Waals surface area contributed by atoms with Crippen molar-refractivity contribution in [3.63, 3.8) is 0 Å². The molecule has 0 bridgehead atoms. The molecule has 0 radical (unpaired) electrons. The van der Waals surface area contributed by atoms with Crippen LogP contribution in [0.2, 0.25) is 0 Å². The van der Waals surface area contributed by atoms with E-state index < -0.39 is 10.8 Å². The van der Waals surface area contributed by atoms with Crippen LogP contribution in [-0.2, 0) is 11.3 Å². The second kappa shape index (κ2) is 9.48. The molecule has 9 heteroatoms. The van der Waals surface area contributed by atoms with E-state index in [-0.39, 0.29) is 17.1 Å². The molecular weight excluding hydrogens is 456 g/mol. The Bertz CT molecular complexity index is 1700. The van der Waals surface area contributed by atoms with Crippen molar-refractivity contribution in [2.75, 3.05) is 5.32 Å². The van der Waals surface area contributed by atoms with Gasteiger partial charge in [-0.3, -0.25) is 14.9 Å². The van der Waals surface area contributed by atoms with Gasteiger partial charge in [0.15, 0.2) is 5.65 Å². The lowest BCUT2D eigenvalue weighted by molar-refractivity contribution is -0.384. The van der Waals surface area contributed by atoms with Gasteiger partial charge in [-0.05, 0) is 29.3 Å². The number of nitriles is 1. The van der Waals surface area contributed by atoms with E-state index >= 15 is 0 Å². The van der Waals surface area contributed by atoms with Crippen LogP contribution >= 0.6 is 0 Å². The first-order chi connectivity index (χ1) is 17.5. The second-order valence-corrected chi connectivity index (χ2v) is 7.97. The predicted molar refractivity (Wildman–Crippen MR) is 136 cm³/mol. The number of hydrogen-bond acceptors (Lipinski definition) is 6. The molecule has 0 fully saturated rings. The number of non-ortho nitro benzene ring substituents is 1. The Morgan fingerprint density at radius 2 is 1.75 bits per heavy atom. The highest BCUT2D eigenvalue weighted by molar-refractivity contribution is 6.05. The van der Waals surface area contributed by atoms with E-state index in [2.05, 4.69) is 16.4 Å². The summed E-state index contributed by atoms with van der Waals surface area (Å²) in [6.45, 7) is 0.357. The van der Waals surface area contributed by atoms with Gasteiger partial charge in [0.25, 0.3) is 5.69 Å². The minimum absolute atomic E-state index is 0.0727. The molecule has 1 amide bonds. The van der Waals surface area contributed by atoms with Crippen LogP contribution in [0.3, 0.4) is 0 Å². The summed E-state index contributed by atoms with van der Waals surface area (Å²) in [7, 11) is 0. The van der Waals surface area contributed by atoms with Crippen molar-refractivity contribution in [2.24, 2.45) is 0 Å². The summed E-state index contributed by atoms with van der Waals surface area (Å²) in [5.41, 5.74) is 3.77. The molecule has 1 N–H and O–H groups in total. The first-order valence-electron chi connectivity index (χ1n) is 11.0. The molecule has 0 aliphatic heterocycles. The largest absolute Gasteiger partial charge is 0.307 e. The van der Waals surface area contributed by atoms with E-state index in [1.54, 1.807) is 16.7 Å². The zero-order valence-corrected chi connectivity index (χ0v) is 18.8. The molecule has 36 heavy (non-hydrogen) atoms. The number of benzene rings is 3. The summed E-state index contributed by atoms with van der Waals surface area (Å²) < 4.78 is 1.77. The van der Waals surface area contributed by atoms with Crippen LogP contribution in [0.15, 0.2) is 84.9 Å². The molecule has 0 spiro atoms. The first-order valence-corrected chi connectivity index (χ1v) is 11.0. The Hall–Kier alpha value is -5.36. The van der Waals surface area contributed by atoms with Gasteiger partial charge in [0.1, 0.15) is 23.0 Å². The number of nitrogens with one attached hydrogen (secondary N) is 1. The average molecular weight is 474 g/mol. The monoisotopic (exact) mass is 474 g/mol. The average Bonchev–Trinajstić information content (AvgIpc) is 3.17. The van der Waals surface area contributed by atoms with E-state index in [1.807, 2.05) is 54.6 Å². The lowest BCUT2D eigenvalue weighted by atomic mass is 10.2. The fourth-order valence-corrected chi connectivity index (χ4v) is 3.93. The smallest absolute Gasteiger partial charge is 0.270 e. The van der Waals surface area contributed by atoms with Crippen LogP contribution in [0.5, 0.6) is 0 Å². The highest BCUT2D eigenvalue weighted by Crippen LogP contribution is 2.30. The Labute approximate surface area is 205 Å². The van der Waals surface area contributed by atoms with Crippen LogP contribution in [0, 0.1) is 21.4 Å². The fourth-order valence-electron chi connectivity index (χ4n) is 3.93. The number of hydrogen-bond donors (Lipinski definition) is 1. The van der Waals surface area contributed by atoms with Crippen molar-refractivity contribution >= 4 is 45.7 Å². The highest BCUT2D eigenvalue weighted by Gasteiger charge is 2.22. The molecule has 9 nitrogen and oxygen atoms in total. The SMILES string of the molecule is N#Cc1c(NC(=O)C=Cc2cccc([N+](=O)[O-])c2)n(Cc2ccccc2)c2nc3ccccc3nc12. The summed E-state index contributed by atoms with van der Waals surface area (Å²) in [4.78, 5) is 32.8. The second-order valence-electron chi connectivity index (χ2n) is 7.97. The molecule has 2 aromatic heterocycles. The van der Waals surface area contributed by atoms with Crippen molar-refractivity contribution in [1.82, 2.24) is 14.5 Å². The predicted octanol–water partition coefficient (Wildman–Crippen LogP) is 5.06. The van der Waals surface area contributed by atoms with E-state index in [1.165, 1.54) is 24.3 Å². The Kier molecular flexibility index (Phi) is 5.91. The molecule has 2 heterocycles. The van der Waals surface area contributed by atoms with E-state index in [4.69, 9.17) is 4.98 Å². The topological polar surface area (TPSA) is 127 Å². The number of fused-ring (bicyclic) bond motifs is 2. The summed E-state index contributed by atoms with van der Waals surface area (Å²) >= 11 is 0. The third kappa shape index (κ3) is 4.38. The maximum absolute atomic E-state index is 12.9. The molecule has 174 valence electrons. The minimum Gasteiger partial charge on any atom is -0.307 e. The number of rotatable bonds is 6. The summed E-state index contributed by atoms with van der Waals surface area (Å²) in [6.07, 6.45) is 2.74. The Morgan fingerprint density at radius 3 is 2.47 bits per heavy atom. The maximum Gasteiger partial charge on any atom is 0.270 e. The lowest BCUT2D eigenvalue weighted by Gasteiger charge is -2.11. The van der Waals surface area contributed by atoms with Crippen LogP contribution in [0.4, 0.5) is 11.5 Å². The van der Waals surface area contributed by atoms with Gasteiger partial charge in [0.2, 0.25) is 5.91 Å². The molecule has 0 atom stereocenters. The molecule has 5 rings (SSSR count). The minimum atomic E-state index is -0.500. The number of nitro benzene ring substituents is 1. The normalized spacial score (nSPS) is 11.1. The molecule has 0 unspecified atom stereocenters. The van der Waals surface area contributed by atoms with E-state index in [0.29, 0.717) is 34.3 Å². The van der Waals surface area contributed by atoms with Crippen molar-refractivity contribution in [3.05, 3.63) is 112 Å². The number of anilines is 1. The lowest BCUT2D eigenvalue weighted by Crippen LogP contribution is -2.14. The molecule has 0 saturated carbocycles. The molecule has 3 aromatic carbocycles. The molecule has 5 aromatic rings. The van der Waals surface area contributed by atoms with Gasteiger partial charge in [-0.1, -0.05) is 54.6 Å². The van der Waals surface area contributed by atoms with Gasteiger partial charge in [-0.25, -0.2) is 9.97 Å². The van der Waals surface area contributed by atoms with Crippen molar-refractivity contribution < 1.29 is 9.72 Å². The van der Waals surface area contributed by atoms with Crippen LogP contribution in [0.25, 0.3) is 28.3 Å². The van der Waals surface area contributed by atoms with Gasteiger partial charge in [0.05, 0.1) is 22.5 Å². The van der Waals surface area contributed by atoms with Gasteiger partial charge < -0.3 is 9.88 Å². The van der Waals surface area contributed by atoms with Crippen molar-refractivity contribution in [1.29, 1.82) is 5.26 Å². The number of aromatic nitrogens is 3. The van der Waals surface area contributed by atoms with Crippen LogP contribution in [0.1, 0.15) is 16.7 Å². The first kappa shape index (κ1) is 22.4. The fraction of sp³-hybridized carbons (Fsp3) is 0.0370. The van der Waals surface area contributed by atoms with Crippen molar-refractivity contribution in [3.8, 4) is 6.07 Å². The number of carbonyl (C=O) groups excluding carboxylic acids is 1. The molecule has 0 aliphatic carbocycles. The quantitative estimate of drug-likeness (QED) is 0.208. The van der Waals surface area contributed by atoms with Gasteiger partial charge in [-0.2, -0.15) is 5.26 Å². The molecule has 0 aliphatic rings.